The third-order valence-electron chi connectivity index (χ3n) is 3.42. The van der Waals surface area contributed by atoms with E-state index in [1.807, 2.05) is 6.07 Å². The largest absolute Gasteiger partial charge is 0.508 e. The molecule has 0 saturated carbocycles. The smallest absolute Gasteiger partial charge is 0.117 e. The first kappa shape index (κ1) is 15.1. The molecule has 0 unspecified atom stereocenters. The molecule has 1 atom stereocenters. The van der Waals surface area contributed by atoms with Crippen LogP contribution in [0.5, 0.6) is 5.75 Å². The van der Waals surface area contributed by atoms with Crippen molar-refractivity contribution in [1.29, 1.82) is 0 Å². The number of phenols is 1. The van der Waals surface area contributed by atoms with Crippen LogP contribution in [-0.2, 0) is 4.74 Å². The predicted molar refractivity (Wildman–Crippen MR) is 84.1 cm³/mol. The second-order valence-electron chi connectivity index (χ2n) is 5.10. The Labute approximate surface area is 125 Å². The van der Waals surface area contributed by atoms with Gasteiger partial charge in [0.05, 0.1) is 17.7 Å². The van der Waals surface area contributed by atoms with Crippen molar-refractivity contribution in [3.63, 3.8) is 0 Å². The average molecular weight is 293 g/mol. The van der Waals surface area contributed by atoms with Crippen molar-refractivity contribution >= 4 is 17.7 Å². The molecule has 1 aromatic carbocycles. The van der Waals surface area contributed by atoms with Gasteiger partial charge in [0.15, 0.2) is 0 Å². The lowest BCUT2D eigenvalue weighted by Gasteiger charge is -2.11. The number of rotatable bonds is 6. The molecule has 2 rings (SSSR count). The molecule has 2 nitrogen and oxygen atoms in total. The molecule has 0 saturated heterocycles. The summed E-state index contributed by atoms with van der Waals surface area (Å²) in [5.74, 6) is 0.202. The van der Waals surface area contributed by atoms with Gasteiger partial charge in [0, 0.05) is 0 Å². The topological polar surface area (TPSA) is 29.5 Å². The number of benzene rings is 1. The quantitative estimate of drug-likeness (QED) is 0.751. The summed E-state index contributed by atoms with van der Waals surface area (Å²) in [6, 6.07) is 5.11. The van der Waals surface area contributed by atoms with E-state index in [0.717, 1.165) is 37.9 Å². The summed E-state index contributed by atoms with van der Waals surface area (Å²) in [6.07, 6.45) is 10.8. The van der Waals surface area contributed by atoms with Gasteiger partial charge in [0.25, 0.3) is 0 Å². The predicted octanol–water partition coefficient (Wildman–Crippen LogP) is 4.96. The number of allylic oxidation sites excluding steroid dienone is 1. The van der Waals surface area contributed by atoms with Crippen LogP contribution in [0.25, 0.3) is 6.08 Å². The summed E-state index contributed by atoms with van der Waals surface area (Å²) in [6.45, 7) is 2.92. The highest BCUT2D eigenvalue weighted by Gasteiger charge is 2.10. The number of aromatic hydroxyl groups is 1. The molecule has 1 N–H and O–H groups in total. The van der Waals surface area contributed by atoms with Crippen LogP contribution in [0, 0.1) is 0 Å². The van der Waals surface area contributed by atoms with Crippen LogP contribution in [-0.4, -0.2) is 17.8 Å². The zero-order valence-corrected chi connectivity index (χ0v) is 12.6. The lowest BCUT2D eigenvalue weighted by atomic mass is 10.00. The van der Waals surface area contributed by atoms with Crippen LogP contribution in [0.1, 0.15) is 38.2 Å². The molecule has 1 heterocycles. The van der Waals surface area contributed by atoms with E-state index < -0.39 is 0 Å². The third-order valence-corrected chi connectivity index (χ3v) is 3.75. The number of hydrogen-bond donors (Lipinski definition) is 1. The third kappa shape index (κ3) is 4.39. The summed E-state index contributed by atoms with van der Waals surface area (Å²) in [5, 5.41) is 9.99. The first-order chi connectivity index (χ1) is 9.69. The lowest BCUT2D eigenvalue weighted by Crippen LogP contribution is -2.04. The van der Waals surface area contributed by atoms with Gasteiger partial charge in [0.1, 0.15) is 5.75 Å². The molecule has 0 amide bonds. The molecule has 1 aliphatic rings. The second kappa shape index (κ2) is 7.51. The number of hydrogen-bond acceptors (Lipinski definition) is 2. The van der Waals surface area contributed by atoms with E-state index in [4.69, 9.17) is 16.3 Å². The van der Waals surface area contributed by atoms with Crippen molar-refractivity contribution in [3.8, 4) is 5.75 Å². The van der Waals surface area contributed by atoms with Gasteiger partial charge in [-0.05, 0) is 43.0 Å². The maximum absolute atomic E-state index is 9.39. The van der Waals surface area contributed by atoms with Gasteiger partial charge < -0.3 is 9.84 Å². The Morgan fingerprint density at radius 2 is 2.30 bits per heavy atom. The summed E-state index contributed by atoms with van der Waals surface area (Å²) in [7, 11) is 0. The maximum Gasteiger partial charge on any atom is 0.117 e. The molecule has 20 heavy (non-hydrogen) atoms. The van der Waals surface area contributed by atoms with Crippen molar-refractivity contribution in [2.45, 2.75) is 38.7 Å². The first-order valence-corrected chi connectivity index (χ1v) is 7.53. The van der Waals surface area contributed by atoms with E-state index in [1.54, 1.807) is 12.1 Å². The Bertz CT molecular complexity index is 506. The normalized spacial score (nSPS) is 18.7. The zero-order chi connectivity index (χ0) is 14.4. The van der Waals surface area contributed by atoms with E-state index in [1.165, 1.54) is 5.57 Å². The van der Waals surface area contributed by atoms with Crippen molar-refractivity contribution < 1.29 is 9.84 Å². The Morgan fingerprint density at radius 3 is 2.95 bits per heavy atom. The number of ether oxygens (including phenoxy) is 1. The van der Waals surface area contributed by atoms with Crippen LogP contribution in [0.3, 0.4) is 0 Å². The van der Waals surface area contributed by atoms with Crippen LogP contribution >= 0.6 is 11.6 Å². The van der Waals surface area contributed by atoms with Gasteiger partial charge in [-0.15, -0.1) is 0 Å². The summed E-state index contributed by atoms with van der Waals surface area (Å²) < 4.78 is 5.57. The number of halogens is 1. The van der Waals surface area contributed by atoms with E-state index in [0.29, 0.717) is 5.02 Å². The van der Waals surface area contributed by atoms with E-state index in [2.05, 4.69) is 25.2 Å². The Kier molecular flexibility index (Phi) is 5.69. The molecule has 0 aliphatic carbocycles. The van der Waals surface area contributed by atoms with Gasteiger partial charge in [-0.2, -0.15) is 0 Å². The standard InChI is InChI=1S/C17H21ClO2/c1-2-4-13(6-9-16-5-3-10-20-16)11-14-7-8-15(19)12-17(14)18/h3,5,7-8,11-12,16,19H,2,4,6,9-10H2,1H3/b13-11+/t16-/m0/s1. The van der Waals surface area contributed by atoms with Crippen LogP contribution in [0.15, 0.2) is 35.9 Å². The molecular formula is C17H21ClO2. The maximum atomic E-state index is 9.39. The lowest BCUT2D eigenvalue weighted by molar-refractivity contribution is 0.121. The van der Waals surface area contributed by atoms with Gasteiger partial charge >= 0.3 is 0 Å². The molecule has 1 aromatic rings. The van der Waals surface area contributed by atoms with Crippen molar-refractivity contribution in [1.82, 2.24) is 0 Å². The summed E-state index contributed by atoms with van der Waals surface area (Å²) in [4.78, 5) is 0. The molecule has 0 spiro atoms. The monoisotopic (exact) mass is 292 g/mol. The molecule has 0 fully saturated rings. The SMILES string of the molecule is CCC/C(=C\c1ccc(O)cc1Cl)CC[C@@H]1C=CCO1. The van der Waals surface area contributed by atoms with Crippen LogP contribution in [0.2, 0.25) is 5.02 Å². The second-order valence-corrected chi connectivity index (χ2v) is 5.50. The van der Waals surface area contributed by atoms with Crippen molar-refractivity contribution in [3.05, 3.63) is 46.5 Å². The Balaban J connectivity index is 2.05. The van der Waals surface area contributed by atoms with Gasteiger partial charge in [-0.3, -0.25) is 0 Å². The Hall–Kier alpha value is -1.25. The molecule has 0 bridgehead atoms. The van der Waals surface area contributed by atoms with E-state index in [-0.39, 0.29) is 11.9 Å². The number of phenolic OH excluding ortho intramolecular Hbond substituents is 1. The minimum Gasteiger partial charge on any atom is -0.508 e. The van der Waals surface area contributed by atoms with Gasteiger partial charge in [-0.1, -0.05) is 48.7 Å². The minimum absolute atomic E-state index is 0.202. The molecule has 3 heteroatoms. The van der Waals surface area contributed by atoms with Crippen LogP contribution in [0.4, 0.5) is 0 Å². The van der Waals surface area contributed by atoms with Crippen molar-refractivity contribution in [2.24, 2.45) is 0 Å². The fraction of sp³-hybridized carbons (Fsp3) is 0.412. The molecule has 108 valence electrons. The molecule has 0 aromatic heterocycles. The average Bonchev–Trinajstić information content (AvgIpc) is 2.92. The molecule has 0 radical (unpaired) electrons. The van der Waals surface area contributed by atoms with Gasteiger partial charge in [0.2, 0.25) is 0 Å². The van der Waals surface area contributed by atoms with E-state index >= 15 is 0 Å². The molecular weight excluding hydrogens is 272 g/mol. The highest BCUT2D eigenvalue weighted by molar-refractivity contribution is 6.32. The summed E-state index contributed by atoms with van der Waals surface area (Å²) in [5.41, 5.74) is 2.35. The van der Waals surface area contributed by atoms with E-state index in [9.17, 15) is 5.11 Å². The first-order valence-electron chi connectivity index (χ1n) is 7.15. The highest BCUT2D eigenvalue weighted by atomic mass is 35.5. The highest BCUT2D eigenvalue weighted by Crippen LogP contribution is 2.26. The summed E-state index contributed by atoms with van der Waals surface area (Å²) >= 11 is 6.16. The zero-order valence-electron chi connectivity index (χ0n) is 11.8. The Morgan fingerprint density at radius 1 is 1.45 bits per heavy atom. The minimum atomic E-state index is 0.202. The fourth-order valence-electron chi connectivity index (χ4n) is 2.39. The molecule has 1 aliphatic heterocycles. The van der Waals surface area contributed by atoms with Crippen molar-refractivity contribution in [2.75, 3.05) is 6.61 Å². The van der Waals surface area contributed by atoms with Crippen LogP contribution < -0.4 is 0 Å². The fourth-order valence-corrected chi connectivity index (χ4v) is 2.62. The van der Waals surface area contributed by atoms with Gasteiger partial charge in [-0.25, -0.2) is 0 Å².